The quantitative estimate of drug-likeness (QED) is 0.651. The van der Waals surface area contributed by atoms with Crippen LogP contribution in [-0.4, -0.2) is 50.1 Å². The van der Waals surface area contributed by atoms with Gasteiger partial charge in [0.25, 0.3) is 0 Å². The number of carbonyl (C=O) groups excluding carboxylic acids is 1. The molecule has 2 aliphatic heterocycles. The summed E-state index contributed by atoms with van der Waals surface area (Å²) >= 11 is 0. The molecule has 0 saturated carbocycles. The highest BCUT2D eigenvalue weighted by atomic mass is 19.4. The number of alkyl halides is 3. The van der Waals surface area contributed by atoms with Crippen LogP contribution in [0.4, 0.5) is 23.7 Å². The van der Waals surface area contributed by atoms with Gasteiger partial charge in [0, 0.05) is 5.69 Å². The molecule has 0 radical (unpaired) electrons. The van der Waals surface area contributed by atoms with Gasteiger partial charge < -0.3 is 30.2 Å². The summed E-state index contributed by atoms with van der Waals surface area (Å²) < 4.78 is 50.0. The summed E-state index contributed by atoms with van der Waals surface area (Å²) in [7, 11) is 0. The van der Waals surface area contributed by atoms with Crippen molar-refractivity contribution in [3.8, 4) is 17.2 Å². The maximum Gasteiger partial charge on any atom is 0.573 e. The van der Waals surface area contributed by atoms with E-state index in [4.69, 9.17) is 15.2 Å². The lowest BCUT2D eigenvalue weighted by Gasteiger charge is -2.19. The molecule has 180 valence electrons. The monoisotopic (exact) mass is 467 g/mol. The molecule has 0 bridgehead atoms. The van der Waals surface area contributed by atoms with Crippen LogP contribution in [0.3, 0.4) is 0 Å². The number of aryl methyl sites for hydroxylation is 1. The van der Waals surface area contributed by atoms with E-state index in [1.165, 1.54) is 56.6 Å². The van der Waals surface area contributed by atoms with E-state index in [0.29, 0.717) is 13.2 Å². The number of anilines is 1. The standard InChI is InChI=1S/C15H21NO2.C8H7F3N2O2/c1-2-8-16(7-1)9-3-4-13-5-6-14-15(12-13)18-11-10-17-14;9-8(10,11)15-6-3-1-5(2-4-6)13-7(12)14/h5-6,12H,1-4,7-11H2;1-4H,(H3,12,13,14). The van der Waals surface area contributed by atoms with Crippen LogP contribution in [0.15, 0.2) is 42.5 Å². The molecule has 1 fully saturated rings. The van der Waals surface area contributed by atoms with Gasteiger partial charge >= 0.3 is 12.4 Å². The number of fused-ring (bicyclic) bond motifs is 1. The number of halogens is 3. The van der Waals surface area contributed by atoms with Crippen LogP contribution >= 0.6 is 0 Å². The highest BCUT2D eigenvalue weighted by molar-refractivity contribution is 5.87. The zero-order chi connectivity index (χ0) is 23.7. The molecule has 2 amide bonds. The Morgan fingerprint density at radius 2 is 1.70 bits per heavy atom. The van der Waals surface area contributed by atoms with E-state index < -0.39 is 12.4 Å². The smallest absolute Gasteiger partial charge is 0.486 e. The summed E-state index contributed by atoms with van der Waals surface area (Å²) in [5.74, 6) is 1.45. The molecule has 0 spiro atoms. The molecule has 10 heteroatoms. The number of hydrogen-bond acceptors (Lipinski definition) is 5. The van der Waals surface area contributed by atoms with E-state index in [-0.39, 0.29) is 11.4 Å². The predicted molar refractivity (Wildman–Crippen MR) is 118 cm³/mol. The molecule has 1 saturated heterocycles. The second kappa shape index (κ2) is 11.6. The lowest BCUT2D eigenvalue weighted by molar-refractivity contribution is -0.274. The highest BCUT2D eigenvalue weighted by Gasteiger charge is 2.30. The van der Waals surface area contributed by atoms with E-state index in [1.54, 1.807) is 0 Å². The van der Waals surface area contributed by atoms with Crippen LogP contribution < -0.4 is 25.3 Å². The summed E-state index contributed by atoms with van der Waals surface area (Å²) in [4.78, 5) is 12.9. The van der Waals surface area contributed by atoms with Crippen molar-refractivity contribution in [3.05, 3.63) is 48.0 Å². The van der Waals surface area contributed by atoms with Gasteiger partial charge in [-0.2, -0.15) is 0 Å². The van der Waals surface area contributed by atoms with Gasteiger partial charge in [0.15, 0.2) is 11.5 Å². The minimum atomic E-state index is -4.72. The number of hydrogen-bond donors (Lipinski definition) is 2. The van der Waals surface area contributed by atoms with E-state index >= 15 is 0 Å². The molecule has 2 aromatic rings. The van der Waals surface area contributed by atoms with Crippen LogP contribution in [0.25, 0.3) is 0 Å². The van der Waals surface area contributed by atoms with E-state index in [0.717, 1.165) is 30.1 Å². The zero-order valence-corrected chi connectivity index (χ0v) is 18.2. The lowest BCUT2D eigenvalue weighted by atomic mass is 10.1. The second-order valence-corrected chi connectivity index (χ2v) is 7.69. The number of benzene rings is 2. The van der Waals surface area contributed by atoms with Gasteiger partial charge in [0.2, 0.25) is 0 Å². The van der Waals surface area contributed by atoms with Gasteiger partial charge in [-0.25, -0.2) is 4.79 Å². The average Bonchev–Trinajstić information content (AvgIpc) is 3.28. The number of nitrogens with one attached hydrogen (secondary N) is 1. The van der Waals surface area contributed by atoms with Crippen molar-refractivity contribution in [2.45, 2.75) is 32.0 Å². The Labute approximate surface area is 190 Å². The number of primary amides is 1. The summed E-state index contributed by atoms with van der Waals surface area (Å²) in [6, 6.07) is 10.2. The maximum absolute atomic E-state index is 11.7. The zero-order valence-electron chi connectivity index (χ0n) is 18.2. The van der Waals surface area contributed by atoms with E-state index in [2.05, 4.69) is 27.1 Å². The van der Waals surface area contributed by atoms with Crippen molar-refractivity contribution in [3.63, 3.8) is 0 Å². The van der Waals surface area contributed by atoms with Gasteiger partial charge in [-0.05, 0) is 87.3 Å². The average molecular weight is 467 g/mol. The minimum Gasteiger partial charge on any atom is -0.486 e. The number of rotatable bonds is 6. The molecule has 33 heavy (non-hydrogen) atoms. The first-order valence-corrected chi connectivity index (χ1v) is 10.8. The third kappa shape index (κ3) is 8.72. The number of ether oxygens (including phenoxy) is 3. The first kappa shape index (κ1) is 24.5. The van der Waals surface area contributed by atoms with Crippen molar-refractivity contribution in [2.24, 2.45) is 5.73 Å². The third-order valence-corrected chi connectivity index (χ3v) is 5.10. The summed E-state index contributed by atoms with van der Waals surface area (Å²) in [6.45, 7) is 5.16. The maximum atomic E-state index is 11.7. The Balaban J connectivity index is 0.000000190. The normalized spacial score (nSPS) is 15.4. The van der Waals surface area contributed by atoms with Crippen LogP contribution in [0.5, 0.6) is 17.2 Å². The SMILES string of the molecule is NC(=O)Nc1ccc(OC(F)(F)F)cc1.c1cc2c(cc1CCCN1CCCC1)OCCO2. The summed E-state index contributed by atoms with van der Waals surface area (Å²) in [5.41, 5.74) is 6.45. The molecule has 2 aliphatic rings. The van der Waals surface area contributed by atoms with Gasteiger partial charge in [-0.3, -0.25) is 0 Å². The van der Waals surface area contributed by atoms with E-state index in [9.17, 15) is 18.0 Å². The molecule has 0 unspecified atom stereocenters. The van der Waals surface area contributed by atoms with Crippen molar-refractivity contribution in [1.29, 1.82) is 0 Å². The lowest BCUT2D eigenvalue weighted by Crippen LogP contribution is -2.20. The topological polar surface area (TPSA) is 86.1 Å². The largest absolute Gasteiger partial charge is 0.573 e. The molecule has 2 heterocycles. The molecule has 2 aromatic carbocycles. The fourth-order valence-electron chi connectivity index (χ4n) is 3.64. The molecule has 0 atom stereocenters. The number of urea groups is 1. The molecule has 0 aliphatic carbocycles. The number of nitrogens with zero attached hydrogens (tertiary/aromatic N) is 1. The second-order valence-electron chi connectivity index (χ2n) is 7.69. The van der Waals surface area contributed by atoms with Crippen molar-refractivity contribution in [1.82, 2.24) is 4.90 Å². The third-order valence-electron chi connectivity index (χ3n) is 5.10. The highest BCUT2D eigenvalue weighted by Crippen LogP contribution is 2.31. The first-order valence-electron chi connectivity index (χ1n) is 10.8. The van der Waals surface area contributed by atoms with Crippen molar-refractivity contribution >= 4 is 11.7 Å². The molecule has 3 N–H and O–H groups in total. The molecular formula is C23H28F3N3O4. The summed E-state index contributed by atoms with van der Waals surface area (Å²) in [6.07, 6.45) is 0.402. The van der Waals surface area contributed by atoms with Gasteiger partial charge in [0.05, 0.1) is 0 Å². The fraction of sp³-hybridized carbons (Fsp3) is 0.435. The van der Waals surface area contributed by atoms with Crippen LogP contribution in [0.1, 0.15) is 24.8 Å². The fourth-order valence-corrected chi connectivity index (χ4v) is 3.64. The van der Waals surface area contributed by atoms with Gasteiger partial charge in [-0.15, -0.1) is 13.2 Å². The Bertz CT molecular complexity index is 901. The van der Waals surface area contributed by atoms with Crippen LogP contribution in [0.2, 0.25) is 0 Å². The molecule has 4 rings (SSSR count). The van der Waals surface area contributed by atoms with Crippen LogP contribution in [0, 0.1) is 0 Å². The number of carbonyl (C=O) groups is 1. The van der Waals surface area contributed by atoms with Crippen molar-refractivity contribution in [2.75, 3.05) is 38.2 Å². The van der Waals surface area contributed by atoms with E-state index in [1.807, 2.05) is 6.07 Å². The summed E-state index contributed by atoms with van der Waals surface area (Å²) in [5, 5.41) is 2.20. The molecule has 0 aromatic heterocycles. The molecule has 7 nitrogen and oxygen atoms in total. The Morgan fingerprint density at radius 1 is 1.03 bits per heavy atom. The Hall–Kier alpha value is -3.14. The first-order chi connectivity index (χ1) is 15.8. The minimum absolute atomic E-state index is 0.289. The van der Waals surface area contributed by atoms with Crippen molar-refractivity contribution < 1.29 is 32.2 Å². The Kier molecular flexibility index (Phi) is 8.65. The van der Waals surface area contributed by atoms with Crippen LogP contribution in [-0.2, 0) is 6.42 Å². The number of nitrogens with two attached hydrogens (primary N) is 1. The number of amides is 2. The number of likely N-dealkylation sites (tertiary alicyclic amines) is 1. The molecular weight excluding hydrogens is 439 g/mol. The van der Waals surface area contributed by atoms with Gasteiger partial charge in [0.1, 0.15) is 19.0 Å². The van der Waals surface area contributed by atoms with Gasteiger partial charge in [-0.1, -0.05) is 6.07 Å². The predicted octanol–water partition coefficient (Wildman–Crippen LogP) is 4.56. The Morgan fingerprint density at radius 3 is 2.33 bits per heavy atom.